The van der Waals surface area contributed by atoms with Gasteiger partial charge in [0.1, 0.15) is 11.4 Å². The van der Waals surface area contributed by atoms with E-state index in [-0.39, 0.29) is 5.56 Å². The Bertz CT molecular complexity index is 443. The largest absolute Gasteiger partial charge is 0.465 e. The molecule has 0 saturated carbocycles. The first-order chi connectivity index (χ1) is 7.65. The predicted octanol–water partition coefficient (Wildman–Crippen LogP) is 2.28. The van der Waals surface area contributed by atoms with Gasteiger partial charge in [0.25, 0.3) is 0 Å². The van der Waals surface area contributed by atoms with Crippen molar-refractivity contribution in [3.05, 3.63) is 28.6 Å². The number of nitrogens with one attached hydrogen (secondary N) is 1. The van der Waals surface area contributed by atoms with Gasteiger partial charge in [0.05, 0.1) is 12.8 Å². The number of hydrogen-bond donors (Lipinski definition) is 1. The minimum atomic E-state index is -0.619. The minimum absolute atomic E-state index is 0.0391. The summed E-state index contributed by atoms with van der Waals surface area (Å²) in [5.74, 6) is -1.10. The number of hydrogen-bond acceptors (Lipinski definition) is 3. The van der Waals surface area contributed by atoms with Crippen molar-refractivity contribution in [2.24, 2.45) is 0 Å². The summed E-state index contributed by atoms with van der Waals surface area (Å²) in [6.07, 6.45) is 1.87. The third-order valence-electron chi connectivity index (χ3n) is 2.84. The van der Waals surface area contributed by atoms with Crippen molar-refractivity contribution in [2.45, 2.75) is 19.8 Å². The summed E-state index contributed by atoms with van der Waals surface area (Å²) in [4.78, 5) is 11.6. The molecule has 1 aliphatic heterocycles. The lowest BCUT2D eigenvalue weighted by atomic mass is 9.96. The highest BCUT2D eigenvalue weighted by Gasteiger charge is 2.24. The Balaban J connectivity index is 2.63. The number of halogens is 1. The molecule has 0 aromatic heterocycles. The van der Waals surface area contributed by atoms with Gasteiger partial charge in [-0.1, -0.05) is 6.07 Å². The number of ether oxygens (including phenoxy) is 1. The molecule has 0 amide bonds. The third kappa shape index (κ3) is 1.64. The van der Waals surface area contributed by atoms with Crippen molar-refractivity contribution in [2.75, 3.05) is 19.0 Å². The molecular weight excluding hydrogens is 209 g/mol. The first-order valence-electron chi connectivity index (χ1n) is 5.29. The fourth-order valence-electron chi connectivity index (χ4n) is 2.05. The van der Waals surface area contributed by atoms with Crippen LogP contribution in [-0.2, 0) is 11.2 Å². The van der Waals surface area contributed by atoms with Crippen LogP contribution in [0.5, 0.6) is 0 Å². The predicted molar refractivity (Wildman–Crippen MR) is 59.3 cm³/mol. The maximum atomic E-state index is 13.9. The van der Waals surface area contributed by atoms with E-state index in [2.05, 4.69) is 10.1 Å². The Kier molecular flexibility index (Phi) is 2.81. The monoisotopic (exact) mass is 223 g/mol. The lowest BCUT2D eigenvalue weighted by Gasteiger charge is -2.21. The van der Waals surface area contributed by atoms with E-state index in [0.717, 1.165) is 24.9 Å². The highest BCUT2D eigenvalue weighted by Crippen LogP contribution is 2.30. The highest BCUT2D eigenvalue weighted by atomic mass is 19.1. The molecule has 1 N–H and O–H groups in total. The Morgan fingerprint density at radius 1 is 1.56 bits per heavy atom. The molecule has 2 rings (SSSR count). The van der Waals surface area contributed by atoms with E-state index in [1.807, 2.05) is 0 Å². The first-order valence-corrected chi connectivity index (χ1v) is 5.29. The average molecular weight is 223 g/mol. The second-order valence-electron chi connectivity index (χ2n) is 3.94. The fraction of sp³-hybridized carbons (Fsp3) is 0.417. The molecule has 86 valence electrons. The topological polar surface area (TPSA) is 38.3 Å². The number of aryl methyl sites for hydroxylation is 2. The van der Waals surface area contributed by atoms with Crippen LogP contribution in [0.3, 0.4) is 0 Å². The Morgan fingerprint density at radius 3 is 3.00 bits per heavy atom. The smallest absolute Gasteiger partial charge is 0.343 e. The summed E-state index contributed by atoms with van der Waals surface area (Å²) in [6, 6.07) is 1.79. The van der Waals surface area contributed by atoms with E-state index in [1.54, 1.807) is 13.0 Å². The number of carbonyl (C=O) groups is 1. The van der Waals surface area contributed by atoms with Crippen LogP contribution in [0.1, 0.15) is 27.9 Å². The van der Waals surface area contributed by atoms with Crippen molar-refractivity contribution in [3.63, 3.8) is 0 Å². The number of methoxy groups -OCH3 is 1. The molecule has 1 aromatic rings. The summed E-state index contributed by atoms with van der Waals surface area (Å²) < 4.78 is 18.5. The summed E-state index contributed by atoms with van der Waals surface area (Å²) in [5, 5.41) is 3.07. The molecule has 0 saturated heterocycles. The number of carbonyl (C=O) groups excluding carboxylic acids is 1. The van der Waals surface area contributed by atoms with E-state index in [0.29, 0.717) is 11.3 Å². The van der Waals surface area contributed by atoms with E-state index in [4.69, 9.17) is 0 Å². The number of rotatable bonds is 1. The van der Waals surface area contributed by atoms with Crippen LogP contribution >= 0.6 is 0 Å². The second kappa shape index (κ2) is 4.12. The number of anilines is 1. The molecule has 0 aliphatic carbocycles. The zero-order valence-electron chi connectivity index (χ0n) is 9.39. The van der Waals surface area contributed by atoms with Gasteiger partial charge in [0.15, 0.2) is 0 Å². The zero-order valence-corrected chi connectivity index (χ0v) is 9.39. The molecule has 4 heteroatoms. The molecule has 0 atom stereocenters. The number of fused-ring (bicyclic) bond motifs is 1. The van der Waals surface area contributed by atoms with Crippen molar-refractivity contribution in [1.29, 1.82) is 0 Å². The normalized spacial score (nSPS) is 13.9. The van der Waals surface area contributed by atoms with Crippen LogP contribution in [-0.4, -0.2) is 19.6 Å². The van der Waals surface area contributed by atoms with Crippen molar-refractivity contribution >= 4 is 11.7 Å². The fourth-order valence-corrected chi connectivity index (χ4v) is 2.05. The van der Waals surface area contributed by atoms with Crippen LogP contribution in [0.25, 0.3) is 0 Å². The van der Waals surface area contributed by atoms with Gasteiger partial charge in [0, 0.05) is 6.54 Å². The summed E-state index contributed by atoms with van der Waals surface area (Å²) >= 11 is 0. The summed E-state index contributed by atoms with van der Waals surface area (Å²) in [7, 11) is 1.26. The maximum absolute atomic E-state index is 13.9. The SMILES string of the molecule is COC(=O)c1c(F)c(C)cc2c1NCCC2. The van der Waals surface area contributed by atoms with Crippen molar-refractivity contribution in [1.82, 2.24) is 0 Å². The summed E-state index contributed by atoms with van der Waals surface area (Å²) in [5.41, 5.74) is 2.12. The van der Waals surface area contributed by atoms with E-state index in [9.17, 15) is 9.18 Å². The van der Waals surface area contributed by atoms with Crippen LogP contribution in [0.15, 0.2) is 6.07 Å². The van der Waals surface area contributed by atoms with Gasteiger partial charge in [0.2, 0.25) is 0 Å². The Labute approximate surface area is 93.6 Å². The molecule has 1 heterocycles. The van der Waals surface area contributed by atoms with Crippen molar-refractivity contribution in [3.8, 4) is 0 Å². The Morgan fingerprint density at radius 2 is 2.31 bits per heavy atom. The molecule has 1 aromatic carbocycles. The van der Waals surface area contributed by atoms with Crippen LogP contribution in [0, 0.1) is 12.7 Å². The first kappa shape index (κ1) is 10.9. The van der Waals surface area contributed by atoms with Gasteiger partial charge in [-0.3, -0.25) is 0 Å². The minimum Gasteiger partial charge on any atom is -0.465 e. The molecule has 0 unspecified atom stereocenters. The highest BCUT2D eigenvalue weighted by molar-refractivity contribution is 5.97. The Hall–Kier alpha value is -1.58. The molecular formula is C12H14FNO2. The average Bonchev–Trinajstić information content (AvgIpc) is 2.30. The van der Waals surface area contributed by atoms with E-state index in [1.165, 1.54) is 7.11 Å². The van der Waals surface area contributed by atoms with Gasteiger partial charge in [-0.25, -0.2) is 9.18 Å². The molecule has 3 nitrogen and oxygen atoms in total. The molecule has 0 bridgehead atoms. The molecule has 16 heavy (non-hydrogen) atoms. The lowest BCUT2D eigenvalue weighted by Crippen LogP contribution is -2.18. The van der Waals surface area contributed by atoms with Crippen LogP contribution in [0.4, 0.5) is 10.1 Å². The van der Waals surface area contributed by atoms with Crippen molar-refractivity contribution < 1.29 is 13.9 Å². The van der Waals surface area contributed by atoms with Gasteiger partial charge in [-0.15, -0.1) is 0 Å². The van der Waals surface area contributed by atoms with Gasteiger partial charge in [-0.05, 0) is 30.9 Å². The lowest BCUT2D eigenvalue weighted by molar-refractivity contribution is 0.0596. The third-order valence-corrected chi connectivity index (χ3v) is 2.84. The maximum Gasteiger partial charge on any atom is 0.343 e. The molecule has 0 radical (unpaired) electrons. The second-order valence-corrected chi connectivity index (χ2v) is 3.94. The number of benzene rings is 1. The zero-order chi connectivity index (χ0) is 11.7. The molecule has 0 fully saturated rings. The molecule has 1 aliphatic rings. The van der Waals surface area contributed by atoms with Crippen LogP contribution < -0.4 is 5.32 Å². The van der Waals surface area contributed by atoms with Gasteiger partial charge >= 0.3 is 5.97 Å². The summed E-state index contributed by atoms with van der Waals surface area (Å²) in [6.45, 7) is 2.43. The van der Waals surface area contributed by atoms with Gasteiger partial charge in [-0.2, -0.15) is 0 Å². The van der Waals surface area contributed by atoms with E-state index < -0.39 is 11.8 Å². The standard InChI is InChI=1S/C12H14FNO2/c1-7-6-8-4-3-5-14-11(8)9(10(7)13)12(15)16-2/h6,14H,3-5H2,1-2H3. The van der Waals surface area contributed by atoms with Gasteiger partial charge < -0.3 is 10.1 Å². The molecule has 0 spiro atoms. The quantitative estimate of drug-likeness (QED) is 0.742. The van der Waals surface area contributed by atoms with E-state index >= 15 is 0 Å². The van der Waals surface area contributed by atoms with Crippen LogP contribution in [0.2, 0.25) is 0 Å². The number of esters is 1.